The van der Waals surface area contributed by atoms with Crippen LogP contribution in [0.3, 0.4) is 0 Å². The molecule has 0 atom stereocenters. The second-order valence-electron chi connectivity index (χ2n) is 4.40. The fraction of sp³-hybridized carbons (Fsp3) is 0.909. The smallest absolute Gasteiger partial charge is 0.139 e. The second-order valence-corrected chi connectivity index (χ2v) is 4.40. The Bertz CT molecular complexity index is 188. The predicted octanol–water partition coefficient (Wildman–Crippen LogP) is 1.68. The van der Waals surface area contributed by atoms with E-state index in [0.717, 1.165) is 25.3 Å². The summed E-state index contributed by atoms with van der Waals surface area (Å²) < 4.78 is 0. The molecule has 1 rings (SSSR count). The van der Waals surface area contributed by atoms with Crippen LogP contribution < -0.4 is 11.1 Å². The number of nitrogens with zero attached hydrogens (tertiary/aromatic N) is 1. The minimum atomic E-state index is 0.339. The van der Waals surface area contributed by atoms with Crippen molar-refractivity contribution in [2.75, 3.05) is 13.1 Å². The molecule has 1 aliphatic carbocycles. The van der Waals surface area contributed by atoms with Gasteiger partial charge in [0.15, 0.2) is 0 Å². The van der Waals surface area contributed by atoms with Gasteiger partial charge in [-0.05, 0) is 44.7 Å². The Balaban J connectivity index is 1.84. The number of nitrogens with one attached hydrogen (secondary N) is 1. The fourth-order valence-corrected chi connectivity index (χ4v) is 2.13. The lowest BCUT2D eigenvalue weighted by atomic mass is 10.1. The van der Waals surface area contributed by atoms with Crippen LogP contribution in [-0.2, 0) is 0 Å². The average molecular weight is 213 g/mol. The van der Waals surface area contributed by atoms with E-state index in [-0.39, 0.29) is 0 Å². The van der Waals surface area contributed by atoms with Gasteiger partial charge in [-0.3, -0.25) is 0 Å². The van der Waals surface area contributed by atoms with Crippen LogP contribution >= 0.6 is 0 Å². The van der Waals surface area contributed by atoms with Crippen LogP contribution in [0.2, 0.25) is 0 Å². The molecule has 0 heterocycles. The first kappa shape index (κ1) is 12.3. The maximum Gasteiger partial charge on any atom is 0.139 e. The molecule has 0 bridgehead atoms. The normalized spacial score (nSPS) is 18.5. The quantitative estimate of drug-likeness (QED) is 0.198. The third-order valence-corrected chi connectivity index (χ3v) is 3.07. The molecule has 4 nitrogen and oxygen atoms in total. The Morgan fingerprint density at radius 1 is 1.33 bits per heavy atom. The molecule has 1 aliphatic rings. The van der Waals surface area contributed by atoms with Crippen LogP contribution in [0.4, 0.5) is 0 Å². The van der Waals surface area contributed by atoms with Crippen molar-refractivity contribution >= 4 is 5.84 Å². The monoisotopic (exact) mass is 213 g/mol. The molecule has 0 amide bonds. The summed E-state index contributed by atoms with van der Waals surface area (Å²) in [5.74, 6) is 1.25. The van der Waals surface area contributed by atoms with Crippen molar-refractivity contribution in [2.45, 2.75) is 44.9 Å². The van der Waals surface area contributed by atoms with E-state index in [2.05, 4.69) is 10.5 Å². The van der Waals surface area contributed by atoms with Crippen LogP contribution in [-0.4, -0.2) is 24.1 Å². The molecular formula is C11H23N3O. The number of nitrogens with two attached hydrogens (primary N) is 1. The molecule has 0 saturated heterocycles. The zero-order valence-electron chi connectivity index (χ0n) is 9.41. The minimum absolute atomic E-state index is 0.339. The first-order chi connectivity index (χ1) is 7.33. The van der Waals surface area contributed by atoms with Gasteiger partial charge >= 0.3 is 0 Å². The maximum absolute atomic E-state index is 8.33. The summed E-state index contributed by atoms with van der Waals surface area (Å²) in [5.41, 5.74) is 5.37. The van der Waals surface area contributed by atoms with Crippen molar-refractivity contribution in [3.63, 3.8) is 0 Å². The zero-order chi connectivity index (χ0) is 10.9. The number of amidine groups is 1. The lowest BCUT2D eigenvalue weighted by molar-refractivity contribution is 0.316. The lowest BCUT2D eigenvalue weighted by Gasteiger charge is -2.09. The summed E-state index contributed by atoms with van der Waals surface area (Å²) in [6, 6.07) is 0. The van der Waals surface area contributed by atoms with Crippen LogP contribution in [0.1, 0.15) is 44.9 Å². The first-order valence-electron chi connectivity index (χ1n) is 6.00. The van der Waals surface area contributed by atoms with Crippen molar-refractivity contribution in [3.8, 4) is 0 Å². The molecule has 0 radical (unpaired) electrons. The van der Waals surface area contributed by atoms with Crippen LogP contribution in [0, 0.1) is 5.92 Å². The minimum Gasteiger partial charge on any atom is -0.409 e. The Kier molecular flexibility index (Phi) is 6.16. The molecule has 0 aliphatic heterocycles. The van der Waals surface area contributed by atoms with Crippen LogP contribution in [0.15, 0.2) is 5.16 Å². The van der Waals surface area contributed by atoms with Gasteiger partial charge in [-0.15, -0.1) is 0 Å². The summed E-state index contributed by atoms with van der Waals surface area (Å²) in [6.07, 6.45) is 8.41. The molecule has 0 aromatic carbocycles. The van der Waals surface area contributed by atoms with Crippen LogP contribution in [0.5, 0.6) is 0 Å². The van der Waals surface area contributed by atoms with E-state index in [4.69, 9.17) is 10.9 Å². The Labute approximate surface area is 91.9 Å². The molecule has 15 heavy (non-hydrogen) atoms. The van der Waals surface area contributed by atoms with Gasteiger partial charge < -0.3 is 16.3 Å². The third-order valence-electron chi connectivity index (χ3n) is 3.07. The van der Waals surface area contributed by atoms with Gasteiger partial charge in [0, 0.05) is 6.42 Å². The predicted molar refractivity (Wildman–Crippen MR) is 62.1 cm³/mol. The van der Waals surface area contributed by atoms with E-state index < -0.39 is 0 Å². The first-order valence-corrected chi connectivity index (χ1v) is 6.00. The molecule has 1 fully saturated rings. The van der Waals surface area contributed by atoms with Crippen molar-refractivity contribution in [1.82, 2.24) is 5.32 Å². The molecule has 0 aromatic rings. The summed E-state index contributed by atoms with van der Waals surface area (Å²) in [6.45, 7) is 2.22. The number of rotatable bonds is 7. The average Bonchev–Trinajstić information content (AvgIpc) is 2.75. The molecule has 1 saturated carbocycles. The summed E-state index contributed by atoms with van der Waals surface area (Å²) in [4.78, 5) is 0. The Hall–Kier alpha value is -0.770. The molecule has 88 valence electrons. The third kappa shape index (κ3) is 5.62. The molecule has 0 unspecified atom stereocenters. The van der Waals surface area contributed by atoms with Gasteiger partial charge in [0.05, 0.1) is 0 Å². The van der Waals surface area contributed by atoms with Crippen LogP contribution in [0.25, 0.3) is 0 Å². The molecule has 0 spiro atoms. The van der Waals surface area contributed by atoms with E-state index in [9.17, 15) is 0 Å². The van der Waals surface area contributed by atoms with Gasteiger partial charge in [0.2, 0.25) is 0 Å². The number of unbranched alkanes of at least 4 members (excludes halogenated alkanes) is 1. The number of hydrogen-bond acceptors (Lipinski definition) is 3. The van der Waals surface area contributed by atoms with Gasteiger partial charge in [-0.1, -0.05) is 18.0 Å². The highest BCUT2D eigenvalue weighted by atomic mass is 16.4. The topological polar surface area (TPSA) is 70.6 Å². The van der Waals surface area contributed by atoms with Crippen molar-refractivity contribution in [2.24, 2.45) is 16.8 Å². The molecule has 4 N–H and O–H groups in total. The fourth-order valence-electron chi connectivity index (χ4n) is 2.13. The van der Waals surface area contributed by atoms with Crippen molar-refractivity contribution in [1.29, 1.82) is 0 Å². The largest absolute Gasteiger partial charge is 0.409 e. The van der Waals surface area contributed by atoms with Crippen molar-refractivity contribution < 1.29 is 5.21 Å². The number of hydrogen-bond donors (Lipinski definition) is 3. The zero-order valence-corrected chi connectivity index (χ0v) is 9.41. The summed E-state index contributed by atoms with van der Waals surface area (Å²) in [5, 5.41) is 14.7. The highest BCUT2D eigenvalue weighted by molar-refractivity contribution is 5.79. The van der Waals surface area contributed by atoms with E-state index in [0.29, 0.717) is 12.3 Å². The van der Waals surface area contributed by atoms with Gasteiger partial charge in [0.25, 0.3) is 0 Å². The number of oxime groups is 1. The highest BCUT2D eigenvalue weighted by Gasteiger charge is 2.13. The summed E-state index contributed by atoms with van der Waals surface area (Å²) >= 11 is 0. The molecule has 0 aromatic heterocycles. The van der Waals surface area contributed by atoms with Gasteiger partial charge in [-0.25, -0.2) is 0 Å². The highest BCUT2D eigenvalue weighted by Crippen LogP contribution is 2.23. The summed E-state index contributed by atoms with van der Waals surface area (Å²) in [7, 11) is 0. The van der Waals surface area contributed by atoms with E-state index >= 15 is 0 Å². The SMILES string of the molecule is NC(CCCCNCC1CCCC1)=NO. The van der Waals surface area contributed by atoms with Crippen molar-refractivity contribution in [3.05, 3.63) is 0 Å². The van der Waals surface area contributed by atoms with E-state index in [1.165, 1.54) is 32.2 Å². The lowest BCUT2D eigenvalue weighted by Crippen LogP contribution is -2.22. The maximum atomic E-state index is 8.33. The standard InChI is InChI=1S/C11H23N3O/c12-11(14-15)7-3-4-8-13-9-10-5-1-2-6-10/h10,13,15H,1-9H2,(H2,12,14). The van der Waals surface area contributed by atoms with E-state index in [1.807, 2.05) is 0 Å². The Morgan fingerprint density at radius 3 is 2.73 bits per heavy atom. The Morgan fingerprint density at radius 2 is 2.07 bits per heavy atom. The second kappa shape index (κ2) is 7.51. The van der Waals surface area contributed by atoms with Gasteiger partial charge in [-0.2, -0.15) is 0 Å². The molecule has 4 heteroatoms. The van der Waals surface area contributed by atoms with Gasteiger partial charge in [0.1, 0.15) is 5.84 Å². The molecular weight excluding hydrogens is 190 g/mol. The van der Waals surface area contributed by atoms with E-state index in [1.54, 1.807) is 0 Å².